The number of nitrogens with one attached hydrogen (secondary N) is 2. The van der Waals surface area contributed by atoms with E-state index >= 15 is 0 Å². The number of nitrogens with zero attached hydrogens (tertiary/aromatic N) is 3. The molecule has 2 aliphatic heterocycles. The average molecular weight is 496 g/mol. The van der Waals surface area contributed by atoms with Crippen LogP contribution >= 0.6 is 11.6 Å². The molecule has 0 unspecified atom stereocenters. The van der Waals surface area contributed by atoms with Crippen LogP contribution in [0.1, 0.15) is 0 Å². The molecular formula is C25H23ClFN5O3. The van der Waals surface area contributed by atoms with Gasteiger partial charge in [-0.2, -0.15) is 0 Å². The maximum atomic E-state index is 14.6. The Labute approximate surface area is 206 Å². The molecule has 1 saturated heterocycles. The Kier molecular flexibility index (Phi) is 6.52. The van der Waals surface area contributed by atoms with E-state index in [0.717, 1.165) is 0 Å². The van der Waals surface area contributed by atoms with Crippen LogP contribution in [0.25, 0.3) is 22.4 Å². The lowest BCUT2D eigenvalue weighted by molar-refractivity contribution is -0.112. The van der Waals surface area contributed by atoms with Gasteiger partial charge in [0.05, 0.1) is 43.4 Å². The fourth-order valence-corrected chi connectivity index (χ4v) is 3.94. The minimum absolute atomic E-state index is 0.275. The van der Waals surface area contributed by atoms with Crippen LogP contribution in [-0.2, 0) is 9.53 Å². The number of carbonyl (C=O) groups is 1. The number of ether oxygens (including phenoxy) is 2. The van der Waals surface area contributed by atoms with Crippen LogP contribution in [0.2, 0.25) is 5.02 Å². The first-order chi connectivity index (χ1) is 17.0. The van der Waals surface area contributed by atoms with Gasteiger partial charge in [0.15, 0.2) is 11.6 Å². The summed E-state index contributed by atoms with van der Waals surface area (Å²) in [5, 5.41) is 6.44. The van der Waals surface area contributed by atoms with Crippen molar-refractivity contribution in [3.8, 4) is 28.1 Å². The van der Waals surface area contributed by atoms with Crippen molar-refractivity contribution in [1.82, 2.24) is 14.9 Å². The first-order valence-corrected chi connectivity index (χ1v) is 11.5. The van der Waals surface area contributed by atoms with Crippen LogP contribution in [0.15, 0.2) is 55.0 Å². The second-order valence-electron chi connectivity index (χ2n) is 8.26. The van der Waals surface area contributed by atoms with Gasteiger partial charge in [-0.15, -0.1) is 0 Å². The molecule has 3 aromatic rings. The summed E-state index contributed by atoms with van der Waals surface area (Å²) in [6.45, 7) is 2.34. The number of anilines is 2. The second-order valence-corrected chi connectivity index (χ2v) is 8.69. The zero-order valence-corrected chi connectivity index (χ0v) is 19.7. The summed E-state index contributed by atoms with van der Waals surface area (Å²) in [6, 6.07) is 8.14. The second kappa shape index (κ2) is 9.89. The highest BCUT2D eigenvalue weighted by Crippen LogP contribution is 2.41. The van der Waals surface area contributed by atoms with Crippen molar-refractivity contribution in [2.45, 2.75) is 6.04 Å². The number of aromatic nitrogens is 2. The molecule has 10 heteroatoms. The summed E-state index contributed by atoms with van der Waals surface area (Å²) in [6.07, 6.45) is 6.40. The normalized spacial score (nSPS) is 15.1. The van der Waals surface area contributed by atoms with E-state index in [1.807, 2.05) is 11.9 Å². The van der Waals surface area contributed by atoms with Crippen LogP contribution in [0, 0.1) is 5.82 Å². The molecule has 8 nitrogen and oxygen atoms in total. The largest absolute Gasteiger partial charge is 0.487 e. The smallest absolute Gasteiger partial charge is 0.249 e. The summed E-state index contributed by atoms with van der Waals surface area (Å²) in [7, 11) is 1.90. The zero-order chi connectivity index (χ0) is 24.4. The summed E-state index contributed by atoms with van der Waals surface area (Å²) >= 11 is 6.11. The standard InChI is InChI=1S/C25H23ClFN5O3/c1-32(18-13-34-14-18)6-4-23(33)30-17-8-15(11-28-12-17)19-10-22(20-9-16(26)2-3-21(20)27)31-25-24(19)35-7-5-29-25/h2-4,6,8-12,18H,5,7,13-14H2,1H3,(H,29,31)(H,30,33). The fourth-order valence-electron chi connectivity index (χ4n) is 3.77. The van der Waals surface area contributed by atoms with E-state index < -0.39 is 5.82 Å². The molecule has 2 aromatic heterocycles. The SMILES string of the molecule is CN(C=CC(=O)Nc1cncc(-c2cc(-c3cc(Cl)ccc3F)nc3c2OCCN3)c1)C1COC1. The van der Waals surface area contributed by atoms with Gasteiger partial charge in [0.2, 0.25) is 5.91 Å². The van der Waals surface area contributed by atoms with Crippen molar-refractivity contribution in [1.29, 1.82) is 0 Å². The molecule has 35 heavy (non-hydrogen) atoms. The van der Waals surface area contributed by atoms with Gasteiger partial charge >= 0.3 is 0 Å². The Morgan fingerprint density at radius 3 is 2.91 bits per heavy atom. The maximum Gasteiger partial charge on any atom is 0.249 e. The molecule has 5 rings (SSSR count). The van der Waals surface area contributed by atoms with Gasteiger partial charge in [-0.05, 0) is 30.3 Å². The molecule has 0 bridgehead atoms. The maximum absolute atomic E-state index is 14.6. The quantitative estimate of drug-likeness (QED) is 0.496. The zero-order valence-electron chi connectivity index (χ0n) is 18.9. The van der Waals surface area contributed by atoms with Gasteiger partial charge in [-0.25, -0.2) is 9.37 Å². The molecule has 1 fully saturated rings. The molecule has 0 spiro atoms. The Balaban J connectivity index is 1.45. The lowest BCUT2D eigenvalue weighted by Gasteiger charge is -2.33. The van der Waals surface area contributed by atoms with Crippen molar-refractivity contribution >= 4 is 29.0 Å². The van der Waals surface area contributed by atoms with Crippen LogP contribution in [0.5, 0.6) is 5.75 Å². The highest BCUT2D eigenvalue weighted by molar-refractivity contribution is 6.30. The minimum atomic E-state index is -0.436. The van der Waals surface area contributed by atoms with E-state index in [9.17, 15) is 9.18 Å². The molecule has 4 heterocycles. The number of halogens is 2. The van der Waals surface area contributed by atoms with Gasteiger partial charge in [0.1, 0.15) is 12.4 Å². The predicted octanol–water partition coefficient (Wildman–Crippen LogP) is 4.19. The van der Waals surface area contributed by atoms with E-state index in [4.69, 9.17) is 21.1 Å². The Bertz CT molecular complexity index is 1300. The lowest BCUT2D eigenvalue weighted by atomic mass is 10.0. The van der Waals surface area contributed by atoms with Gasteiger partial charge in [-0.1, -0.05) is 11.6 Å². The lowest BCUT2D eigenvalue weighted by Crippen LogP contribution is -2.44. The van der Waals surface area contributed by atoms with E-state index in [-0.39, 0.29) is 17.5 Å². The van der Waals surface area contributed by atoms with Gasteiger partial charge < -0.3 is 25.0 Å². The molecule has 0 saturated carbocycles. The first-order valence-electron chi connectivity index (χ1n) is 11.1. The Morgan fingerprint density at radius 1 is 1.26 bits per heavy atom. The molecular weight excluding hydrogens is 473 g/mol. The monoisotopic (exact) mass is 495 g/mol. The van der Waals surface area contributed by atoms with E-state index in [1.54, 1.807) is 30.7 Å². The topological polar surface area (TPSA) is 88.6 Å². The third-order valence-corrected chi connectivity index (χ3v) is 6.03. The number of likely N-dealkylation sites (N-methyl/N-ethyl adjacent to an activating group) is 1. The number of amides is 1. The minimum Gasteiger partial charge on any atom is -0.487 e. The third kappa shape index (κ3) is 5.06. The molecule has 1 aromatic carbocycles. The number of hydrogen-bond acceptors (Lipinski definition) is 7. The highest BCUT2D eigenvalue weighted by atomic mass is 35.5. The number of hydrogen-bond donors (Lipinski definition) is 2. The summed E-state index contributed by atoms with van der Waals surface area (Å²) in [5.74, 6) is 0.321. The van der Waals surface area contributed by atoms with Crippen LogP contribution in [-0.4, -0.2) is 60.2 Å². The molecule has 2 aliphatic rings. The third-order valence-electron chi connectivity index (χ3n) is 5.79. The molecule has 0 radical (unpaired) electrons. The van der Waals surface area contributed by atoms with E-state index in [1.165, 1.54) is 24.3 Å². The molecule has 1 amide bonds. The van der Waals surface area contributed by atoms with Gasteiger partial charge in [0.25, 0.3) is 0 Å². The van der Waals surface area contributed by atoms with Crippen molar-refractivity contribution in [2.24, 2.45) is 0 Å². The highest BCUT2D eigenvalue weighted by Gasteiger charge is 2.22. The van der Waals surface area contributed by atoms with E-state index in [2.05, 4.69) is 20.6 Å². The molecule has 2 N–H and O–H groups in total. The van der Waals surface area contributed by atoms with Gasteiger partial charge in [0, 0.05) is 47.2 Å². The number of rotatable bonds is 6. The van der Waals surface area contributed by atoms with E-state index in [0.29, 0.717) is 65.5 Å². The van der Waals surface area contributed by atoms with Crippen molar-refractivity contribution in [3.05, 3.63) is 65.8 Å². The van der Waals surface area contributed by atoms with Crippen molar-refractivity contribution in [3.63, 3.8) is 0 Å². The molecule has 0 aliphatic carbocycles. The van der Waals surface area contributed by atoms with Gasteiger partial charge in [-0.3, -0.25) is 9.78 Å². The first kappa shape index (κ1) is 23.1. The number of carbonyl (C=O) groups excluding carboxylic acids is 1. The van der Waals surface area contributed by atoms with Crippen LogP contribution < -0.4 is 15.4 Å². The number of pyridine rings is 2. The van der Waals surface area contributed by atoms with Crippen molar-refractivity contribution in [2.75, 3.05) is 44.0 Å². The number of benzene rings is 1. The fraction of sp³-hybridized carbons (Fsp3) is 0.240. The summed E-state index contributed by atoms with van der Waals surface area (Å²) < 4.78 is 25.7. The Hall–Kier alpha value is -3.69. The van der Waals surface area contributed by atoms with Crippen LogP contribution in [0.3, 0.4) is 0 Å². The average Bonchev–Trinajstić information content (AvgIpc) is 2.82. The van der Waals surface area contributed by atoms with Crippen LogP contribution in [0.4, 0.5) is 15.9 Å². The molecule has 0 atom stereocenters. The number of fused-ring (bicyclic) bond motifs is 1. The van der Waals surface area contributed by atoms with Crippen molar-refractivity contribution < 1.29 is 18.7 Å². The predicted molar refractivity (Wildman–Crippen MR) is 132 cm³/mol. The molecule has 180 valence electrons. The summed E-state index contributed by atoms with van der Waals surface area (Å²) in [4.78, 5) is 23.2. The summed E-state index contributed by atoms with van der Waals surface area (Å²) in [5.41, 5.74) is 2.54. The Morgan fingerprint density at radius 2 is 2.11 bits per heavy atom.